The monoisotopic (exact) mass is 322 g/mol. The summed E-state index contributed by atoms with van der Waals surface area (Å²) in [6, 6.07) is 2.37. The van der Waals surface area contributed by atoms with Crippen LogP contribution >= 0.6 is 0 Å². The molecule has 1 aliphatic carbocycles. The van der Waals surface area contributed by atoms with Crippen LogP contribution in [-0.2, 0) is 0 Å². The van der Waals surface area contributed by atoms with Crippen LogP contribution in [0.15, 0.2) is 24.0 Å². The molecule has 0 spiro atoms. The molecule has 0 amide bonds. The maximum absolute atomic E-state index is 9.17. The van der Waals surface area contributed by atoms with Gasteiger partial charge in [0.25, 0.3) is 0 Å². The SMILES string of the molecule is C=Cc1c(C)ncnc1/C(C=NC)=C/CC(CC#N)C1CCCC1. The molecule has 1 atom stereocenters. The van der Waals surface area contributed by atoms with Gasteiger partial charge in [0.05, 0.1) is 11.8 Å². The van der Waals surface area contributed by atoms with Crippen molar-refractivity contribution in [2.45, 2.75) is 45.4 Å². The summed E-state index contributed by atoms with van der Waals surface area (Å²) in [5.41, 5.74) is 3.71. The molecule has 126 valence electrons. The molecule has 1 aromatic heterocycles. The van der Waals surface area contributed by atoms with Gasteiger partial charge in [0.15, 0.2) is 0 Å². The van der Waals surface area contributed by atoms with Crippen LogP contribution in [0, 0.1) is 30.1 Å². The van der Waals surface area contributed by atoms with E-state index in [0.717, 1.165) is 28.9 Å². The minimum absolute atomic E-state index is 0.424. The Morgan fingerprint density at radius 1 is 1.46 bits per heavy atom. The fourth-order valence-corrected chi connectivity index (χ4v) is 3.57. The van der Waals surface area contributed by atoms with Crippen molar-refractivity contribution >= 4 is 17.9 Å². The van der Waals surface area contributed by atoms with Crippen LogP contribution in [0.25, 0.3) is 11.6 Å². The lowest BCUT2D eigenvalue weighted by Gasteiger charge is -2.19. The Morgan fingerprint density at radius 2 is 2.21 bits per heavy atom. The first-order valence-corrected chi connectivity index (χ1v) is 8.65. The van der Waals surface area contributed by atoms with Gasteiger partial charge in [-0.1, -0.05) is 44.4 Å². The van der Waals surface area contributed by atoms with Gasteiger partial charge in [0, 0.05) is 36.5 Å². The molecule has 2 rings (SSSR count). The zero-order chi connectivity index (χ0) is 17.4. The van der Waals surface area contributed by atoms with E-state index in [1.54, 1.807) is 19.5 Å². The fraction of sp³-hybridized carbons (Fsp3) is 0.500. The molecule has 1 unspecified atom stereocenters. The van der Waals surface area contributed by atoms with Crippen molar-refractivity contribution in [2.24, 2.45) is 16.8 Å². The largest absolute Gasteiger partial charge is 0.296 e. The van der Waals surface area contributed by atoms with Crippen LogP contribution in [0.5, 0.6) is 0 Å². The Bertz CT molecular complexity index is 661. The van der Waals surface area contributed by atoms with Crippen LogP contribution in [0.3, 0.4) is 0 Å². The van der Waals surface area contributed by atoms with Gasteiger partial charge in [-0.05, 0) is 25.2 Å². The molecule has 0 aromatic carbocycles. The predicted octanol–water partition coefficient (Wildman–Crippen LogP) is 4.62. The third-order valence-electron chi connectivity index (χ3n) is 4.89. The highest BCUT2D eigenvalue weighted by Gasteiger charge is 2.24. The van der Waals surface area contributed by atoms with Crippen molar-refractivity contribution < 1.29 is 0 Å². The second-order valence-corrected chi connectivity index (χ2v) is 6.37. The number of nitriles is 1. The second kappa shape index (κ2) is 9.12. The summed E-state index contributed by atoms with van der Waals surface area (Å²) in [5.74, 6) is 1.10. The zero-order valence-electron chi connectivity index (χ0n) is 14.7. The molecule has 0 bridgehead atoms. The number of hydrogen-bond donors (Lipinski definition) is 0. The molecule has 0 aliphatic heterocycles. The summed E-state index contributed by atoms with van der Waals surface area (Å²) in [4.78, 5) is 12.9. The number of hydrogen-bond acceptors (Lipinski definition) is 4. The number of nitrogens with zero attached hydrogens (tertiary/aromatic N) is 4. The summed E-state index contributed by atoms with van der Waals surface area (Å²) in [6.45, 7) is 5.85. The van der Waals surface area contributed by atoms with Crippen LogP contribution in [-0.4, -0.2) is 23.2 Å². The van der Waals surface area contributed by atoms with Gasteiger partial charge in [-0.3, -0.25) is 4.99 Å². The number of aromatic nitrogens is 2. The highest BCUT2D eigenvalue weighted by Crippen LogP contribution is 2.35. The van der Waals surface area contributed by atoms with E-state index < -0.39 is 0 Å². The Balaban J connectivity index is 2.29. The van der Waals surface area contributed by atoms with E-state index in [1.807, 2.05) is 13.1 Å². The lowest BCUT2D eigenvalue weighted by Crippen LogP contribution is -2.11. The minimum atomic E-state index is 0.424. The molecule has 1 heterocycles. The molecule has 4 heteroatoms. The molecule has 1 aliphatic rings. The number of aliphatic imine (C=N–C) groups is 1. The van der Waals surface area contributed by atoms with Crippen molar-refractivity contribution in [3.05, 3.63) is 35.9 Å². The Morgan fingerprint density at radius 3 is 2.83 bits per heavy atom. The van der Waals surface area contributed by atoms with Gasteiger partial charge in [0.2, 0.25) is 0 Å². The van der Waals surface area contributed by atoms with E-state index in [-0.39, 0.29) is 0 Å². The fourth-order valence-electron chi connectivity index (χ4n) is 3.57. The van der Waals surface area contributed by atoms with Crippen LogP contribution < -0.4 is 0 Å². The van der Waals surface area contributed by atoms with E-state index in [2.05, 4.69) is 33.7 Å². The van der Waals surface area contributed by atoms with Crippen molar-refractivity contribution in [2.75, 3.05) is 7.05 Å². The molecule has 0 radical (unpaired) electrons. The maximum Gasteiger partial charge on any atom is 0.116 e. The molecular formula is C20H26N4. The first-order chi connectivity index (χ1) is 11.7. The average Bonchev–Trinajstić information content (AvgIpc) is 3.11. The number of rotatable bonds is 7. The normalized spacial score (nSPS) is 17.1. The third kappa shape index (κ3) is 4.38. The highest BCUT2D eigenvalue weighted by molar-refractivity contribution is 6.10. The van der Waals surface area contributed by atoms with E-state index in [0.29, 0.717) is 18.3 Å². The first-order valence-electron chi connectivity index (χ1n) is 8.65. The topological polar surface area (TPSA) is 61.9 Å². The van der Waals surface area contributed by atoms with Crippen molar-refractivity contribution in [3.8, 4) is 6.07 Å². The second-order valence-electron chi connectivity index (χ2n) is 6.37. The average molecular weight is 322 g/mol. The van der Waals surface area contributed by atoms with Gasteiger partial charge >= 0.3 is 0 Å². The Labute approximate surface area is 145 Å². The molecule has 1 saturated carbocycles. The number of aryl methyl sites for hydroxylation is 1. The first kappa shape index (κ1) is 18.1. The molecule has 24 heavy (non-hydrogen) atoms. The van der Waals surface area contributed by atoms with E-state index in [1.165, 1.54) is 25.7 Å². The van der Waals surface area contributed by atoms with Gasteiger partial charge < -0.3 is 0 Å². The lowest BCUT2D eigenvalue weighted by molar-refractivity contribution is 0.347. The van der Waals surface area contributed by atoms with E-state index in [4.69, 9.17) is 0 Å². The molecule has 4 nitrogen and oxygen atoms in total. The maximum atomic E-state index is 9.17. The van der Waals surface area contributed by atoms with Crippen molar-refractivity contribution in [1.82, 2.24) is 9.97 Å². The van der Waals surface area contributed by atoms with Crippen molar-refractivity contribution in [3.63, 3.8) is 0 Å². The summed E-state index contributed by atoms with van der Waals surface area (Å²) in [5, 5.41) is 9.17. The van der Waals surface area contributed by atoms with Gasteiger partial charge in [-0.2, -0.15) is 5.26 Å². The summed E-state index contributed by atoms with van der Waals surface area (Å²) < 4.78 is 0. The Kier molecular flexibility index (Phi) is 6.87. The zero-order valence-corrected chi connectivity index (χ0v) is 14.7. The predicted molar refractivity (Wildman–Crippen MR) is 99.5 cm³/mol. The van der Waals surface area contributed by atoms with Crippen LogP contribution in [0.1, 0.15) is 55.5 Å². The standard InChI is InChI=1S/C20H26N4/c1-4-19-15(2)23-14-24-20(19)18(13-22-3)10-9-17(11-12-21)16-7-5-6-8-16/h4,10,13-14,16-17H,1,5-9,11H2,2-3H3/b18-10+,22-13?. The highest BCUT2D eigenvalue weighted by atomic mass is 14.8. The van der Waals surface area contributed by atoms with Gasteiger partial charge in [0.1, 0.15) is 6.33 Å². The number of allylic oxidation sites excluding steroid dienone is 2. The molecule has 1 fully saturated rings. The van der Waals surface area contributed by atoms with Crippen molar-refractivity contribution in [1.29, 1.82) is 5.26 Å². The lowest BCUT2D eigenvalue weighted by atomic mass is 9.85. The summed E-state index contributed by atoms with van der Waals surface area (Å²) in [7, 11) is 1.76. The molecule has 0 saturated heterocycles. The third-order valence-corrected chi connectivity index (χ3v) is 4.89. The van der Waals surface area contributed by atoms with Crippen LogP contribution in [0.4, 0.5) is 0 Å². The van der Waals surface area contributed by atoms with Gasteiger partial charge in [-0.15, -0.1) is 0 Å². The summed E-state index contributed by atoms with van der Waals surface area (Å²) >= 11 is 0. The summed E-state index contributed by atoms with van der Waals surface area (Å²) in [6.07, 6.45) is 14.0. The Hall–Kier alpha value is -2.28. The quantitative estimate of drug-likeness (QED) is 0.688. The van der Waals surface area contributed by atoms with E-state index >= 15 is 0 Å². The van der Waals surface area contributed by atoms with Gasteiger partial charge in [-0.25, -0.2) is 9.97 Å². The molecule has 1 aromatic rings. The molecular weight excluding hydrogens is 296 g/mol. The van der Waals surface area contributed by atoms with Crippen LogP contribution in [0.2, 0.25) is 0 Å². The van der Waals surface area contributed by atoms with E-state index in [9.17, 15) is 5.26 Å². The smallest absolute Gasteiger partial charge is 0.116 e. The molecule has 0 N–H and O–H groups in total. The minimum Gasteiger partial charge on any atom is -0.296 e.